The summed E-state index contributed by atoms with van der Waals surface area (Å²) in [5, 5.41) is 13.9. The number of fused-ring (bicyclic) bond motifs is 1. The molecule has 0 unspecified atom stereocenters. The summed E-state index contributed by atoms with van der Waals surface area (Å²) in [4.78, 5) is 39.0. The number of carbonyl (C=O) groups excluding carboxylic acids is 2. The molecule has 0 saturated heterocycles. The zero-order valence-corrected chi connectivity index (χ0v) is 15.7. The number of hydrogen-bond acceptors (Lipinski definition) is 4. The maximum atomic E-state index is 12.4. The number of thiophene rings is 1. The van der Waals surface area contributed by atoms with Crippen molar-refractivity contribution in [2.45, 2.75) is 38.3 Å². The van der Waals surface area contributed by atoms with Gasteiger partial charge in [-0.2, -0.15) is 0 Å². The van der Waals surface area contributed by atoms with Gasteiger partial charge in [-0.05, 0) is 29.0 Å². The van der Waals surface area contributed by atoms with Crippen molar-refractivity contribution in [2.24, 2.45) is 0 Å². The Kier molecular flexibility index (Phi) is 6.24. The van der Waals surface area contributed by atoms with Gasteiger partial charge < -0.3 is 15.3 Å². The van der Waals surface area contributed by atoms with Gasteiger partial charge in [0.15, 0.2) is 0 Å². The normalized spacial score (nSPS) is 14.3. The Labute approximate surface area is 161 Å². The van der Waals surface area contributed by atoms with E-state index < -0.39 is 17.9 Å². The highest BCUT2D eigenvalue weighted by Gasteiger charge is 2.24. The van der Waals surface area contributed by atoms with Crippen LogP contribution in [0.2, 0.25) is 0 Å². The quantitative estimate of drug-likeness (QED) is 0.764. The summed E-state index contributed by atoms with van der Waals surface area (Å²) in [6.07, 6.45) is 1.14. The van der Waals surface area contributed by atoms with Crippen LogP contribution in [0.1, 0.15) is 28.8 Å². The van der Waals surface area contributed by atoms with Gasteiger partial charge >= 0.3 is 5.97 Å². The molecule has 27 heavy (non-hydrogen) atoms. The van der Waals surface area contributed by atoms with Crippen LogP contribution in [0.4, 0.5) is 0 Å². The van der Waals surface area contributed by atoms with Gasteiger partial charge in [0.25, 0.3) is 0 Å². The molecule has 0 aliphatic carbocycles. The van der Waals surface area contributed by atoms with E-state index in [1.54, 1.807) is 16.2 Å². The molecule has 0 bridgehead atoms. The highest BCUT2D eigenvalue weighted by atomic mass is 32.1. The van der Waals surface area contributed by atoms with Gasteiger partial charge in [-0.15, -0.1) is 11.3 Å². The van der Waals surface area contributed by atoms with E-state index in [0.717, 1.165) is 12.0 Å². The second-order valence-electron chi connectivity index (χ2n) is 6.58. The first-order valence-electron chi connectivity index (χ1n) is 8.92. The van der Waals surface area contributed by atoms with E-state index in [4.69, 9.17) is 0 Å². The zero-order chi connectivity index (χ0) is 19.2. The van der Waals surface area contributed by atoms with Crippen LogP contribution < -0.4 is 5.32 Å². The summed E-state index contributed by atoms with van der Waals surface area (Å²) >= 11 is 1.71. The van der Waals surface area contributed by atoms with Crippen LogP contribution in [0, 0.1) is 0 Å². The molecule has 1 atom stereocenters. The van der Waals surface area contributed by atoms with E-state index in [2.05, 4.69) is 5.32 Å². The van der Waals surface area contributed by atoms with Crippen LogP contribution in [0.15, 0.2) is 41.8 Å². The van der Waals surface area contributed by atoms with Crippen LogP contribution in [0.3, 0.4) is 0 Å². The molecule has 0 saturated carbocycles. The van der Waals surface area contributed by atoms with Gasteiger partial charge in [0.2, 0.25) is 11.8 Å². The van der Waals surface area contributed by atoms with Gasteiger partial charge in [0, 0.05) is 37.2 Å². The molecule has 142 valence electrons. The van der Waals surface area contributed by atoms with Crippen LogP contribution in [-0.4, -0.2) is 40.4 Å². The molecule has 7 heteroatoms. The smallest absolute Gasteiger partial charge is 0.326 e. The molecule has 1 aliphatic rings. The monoisotopic (exact) mass is 386 g/mol. The Morgan fingerprint density at radius 3 is 2.67 bits per heavy atom. The van der Waals surface area contributed by atoms with Crippen molar-refractivity contribution < 1.29 is 19.5 Å². The first kappa shape index (κ1) is 19.1. The van der Waals surface area contributed by atoms with Crippen LogP contribution in [-0.2, 0) is 33.8 Å². The fourth-order valence-electron chi connectivity index (χ4n) is 3.16. The first-order valence-corrected chi connectivity index (χ1v) is 9.80. The molecule has 0 fully saturated rings. The van der Waals surface area contributed by atoms with E-state index in [0.29, 0.717) is 13.1 Å². The van der Waals surface area contributed by atoms with E-state index in [1.807, 2.05) is 41.8 Å². The minimum absolute atomic E-state index is 0.00953. The predicted molar refractivity (Wildman–Crippen MR) is 102 cm³/mol. The van der Waals surface area contributed by atoms with Gasteiger partial charge in [-0.25, -0.2) is 4.79 Å². The summed E-state index contributed by atoms with van der Waals surface area (Å²) in [6.45, 7) is 1.25. The molecule has 2 N–H and O–H groups in total. The number of aliphatic carboxylic acids is 1. The summed E-state index contributed by atoms with van der Waals surface area (Å²) < 4.78 is 0. The highest BCUT2D eigenvalue weighted by molar-refractivity contribution is 7.10. The predicted octanol–water partition coefficient (Wildman–Crippen LogP) is 2.23. The molecule has 1 aromatic heterocycles. The fourth-order valence-corrected chi connectivity index (χ4v) is 4.05. The summed E-state index contributed by atoms with van der Waals surface area (Å²) in [5.41, 5.74) is 2.01. The van der Waals surface area contributed by atoms with Gasteiger partial charge in [0.05, 0.1) is 0 Å². The topological polar surface area (TPSA) is 86.7 Å². The number of carbonyl (C=O) groups is 3. The number of carboxylic acid groups (broad SMARTS) is 1. The third kappa shape index (κ3) is 5.17. The molecule has 6 nitrogen and oxygen atoms in total. The number of rotatable bonds is 7. The average Bonchev–Trinajstić information content (AvgIpc) is 3.14. The molecule has 2 heterocycles. The SMILES string of the molecule is O=C(CCC(=O)N1CCc2sccc2C1)N[C@H](Cc1ccccc1)C(=O)O. The number of carboxylic acids is 1. The Morgan fingerprint density at radius 2 is 1.93 bits per heavy atom. The molecule has 0 spiro atoms. The minimum Gasteiger partial charge on any atom is -0.480 e. The van der Waals surface area contributed by atoms with Crippen molar-refractivity contribution in [3.8, 4) is 0 Å². The maximum Gasteiger partial charge on any atom is 0.326 e. The molecule has 0 radical (unpaired) electrons. The number of nitrogens with one attached hydrogen (secondary N) is 1. The summed E-state index contributed by atoms with van der Waals surface area (Å²) in [5.74, 6) is -1.57. The lowest BCUT2D eigenvalue weighted by atomic mass is 10.1. The Hall–Kier alpha value is -2.67. The zero-order valence-electron chi connectivity index (χ0n) is 14.9. The second-order valence-corrected chi connectivity index (χ2v) is 7.58. The lowest BCUT2D eigenvalue weighted by Crippen LogP contribution is -2.43. The van der Waals surface area contributed by atoms with Gasteiger partial charge in [-0.1, -0.05) is 30.3 Å². The molecule has 2 amide bonds. The molecular formula is C20H22N2O4S. The molecule has 2 aromatic rings. The number of benzene rings is 1. The third-order valence-electron chi connectivity index (χ3n) is 4.64. The highest BCUT2D eigenvalue weighted by Crippen LogP contribution is 2.24. The van der Waals surface area contributed by atoms with Crippen molar-refractivity contribution in [2.75, 3.05) is 6.54 Å². The van der Waals surface area contributed by atoms with Gasteiger partial charge in [-0.3, -0.25) is 9.59 Å². The number of hydrogen-bond donors (Lipinski definition) is 2. The molecule has 1 aliphatic heterocycles. The lowest BCUT2D eigenvalue weighted by molar-refractivity contribution is -0.142. The van der Waals surface area contributed by atoms with Crippen LogP contribution in [0.5, 0.6) is 0 Å². The largest absolute Gasteiger partial charge is 0.480 e. The van der Waals surface area contributed by atoms with Crippen molar-refractivity contribution in [1.29, 1.82) is 0 Å². The maximum absolute atomic E-state index is 12.4. The van der Waals surface area contributed by atoms with Crippen LogP contribution in [0.25, 0.3) is 0 Å². The Bertz CT molecular complexity index is 818. The fraction of sp³-hybridized carbons (Fsp3) is 0.350. The summed E-state index contributed by atoms with van der Waals surface area (Å²) in [7, 11) is 0. The number of nitrogens with zero attached hydrogens (tertiary/aromatic N) is 1. The summed E-state index contributed by atoms with van der Waals surface area (Å²) in [6, 6.07) is 10.2. The molecular weight excluding hydrogens is 364 g/mol. The Morgan fingerprint density at radius 1 is 1.15 bits per heavy atom. The van der Waals surface area contributed by atoms with Crippen molar-refractivity contribution in [3.05, 3.63) is 57.8 Å². The first-order chi connectivity index (χ1) is 13.0. The average molecular weight is 386 g/mol. The second kappa shape index (κ2) is 8.81. The molecule has 3 rings (SSSR count). The van der Waals surface area contributed by atoms with Crippen molar-refractivity contribution in [1.82, 2.24) is 10.2 Å². The van der Waals surface area contributed by atoms with Crippen molar-refractivity contribution >= 4 is 29.1 Å². The van der Waals surface area contributed by atoms with Crippen LogP contribution >= 0.6 is 11.3 Å². The Balaban J connectivity index is 1.48. The standard InChI is InChI=1S/C20H22N2O4S/c23-18(21-16(20(25)26)12-14-4-2-1-3-5-14)6-7-19(24)22-10-8-17-15(13-22)9-11-27-17/h1-5,9,11,16H,6-8,10,12-13H2,(H,21,23)(H,25,26)/t16-/m1/s1. The molecule has 1 aromatic carbocycles. The number of amides is 2. The lowest BCUT2D eigenvalue weighted by Gasteiger charge is -2.27. The van der Waals surface area contributed by atoms with E-state index in [1.165, 1.54) is 10.4 Å². The minimum atomic E-state index is -1.08. The van der Waals surface area contributed by atoms with Gasteiger partial charge in [0.1, 0.15) is 6.04 Å². The van der Waals surface area contributed by atoms with E-state index in [9.17, 15) is 19.5 Å². The van der Waals surface area contributed by atoms with E-state index in [-0.39, 0.29) is 25.2 Å². The third-order valence-corrected chi connectivity index (χ3v) is 5.67. The van der Waals surface area contributed by atoms with E-state index >= 15 is 0 Å². The van der Waals surface area contributed by atoms with Crippen molar-refractivity contribution in [3.63, 3.8) is 0 Å².